The molecule has 2 N–H and O–H groups in total. The number of aromatic nitrogens is 2. The van der Waals surface area contributed by atoms with E-state index in [-0.39, 0.29) is 11.6 Å². The zero-order valence-electron chi connectivity index (χ0n) is 11.4. The molecule has 100 valence electrons. The Hall–Kier alpha value is -1.36. The second-order valence-corrected chi connectivity index (χ2v) is 5.34. The van der Waals surface area contributed by atoms with Crippen molar-refractivity contribution in [3.05, 3.63) is 12.4 Å². The Balaban J connectivity index is 2.04. The molecule has 0 unspecified atom stereocenters. The van der Waals surface area contributed by atoms with Gasteiger partial charge in [0.05, 0.1) is 18.5 Å². The molecule has 0 amide bonds. The number of nitrogens with zero attached hydrogens (tertiary/aromatic N) is 2. The van der Waals surface area contributed by atoms with Gasteiger partial charge in [-0.1, -0.05) is 0 Å². The zero-order valence-corrected chi connectivity index (χ0v) is 11.4. The summed E-state index contributed by atoms with van der Waals surface area (Å²) in [6.45, 7) is 8.27. The van der Waals surface area contributed by atoms with Crippen LogP contribution in [0.1, 0.15) is 33.6 Å². The summed E-state index contributed by atoms with van der Waals surface area (Å²) in [6.07, 6.45) is 5.69. The third-order valence-electron chi connectivity index (χ3n) is 3.11. The highest BCUT2D eigenvalue weighted by Crippen LogP contribution is 2.23. The van der Waals surface area contributed by atoms with Crippen LogP contribution in [0.2, 0.25) is 0 Å². The first-order valence-corrected chi connectivity index (χ1v) is 6.55. The molecule has 2 heterocycles. The predicted molar refractivity (Wildman–Crippen MR) is 71.9 cm³/mol. The number of piperidine rings is 1. The minimum atomic E-state index is 0.0936. The molecule has 1 fully saturated rings. The monoisotopic (exact) mass is 250 g/mol. The van der Waals surface area contributed by atoms with Gasteiger partial charge in [-0.25, -0.2) is 0 Å². The van der Waals surface area contributed by atoms with Gasteiger partial charge in [0.1, 0.15) is 5.82 Å². The van der Waals surface area contributed by atoms with Gasteiger partial charge in [-0.05, 0) is 46.7 Å². The van der Waals surface area contributed by atoms with Crippen molar-refractivity contribution in [3.63, 3.8) is 0 Å². The summed E-state index contributed by atoms with van der Waals surface area (Å²) in [5.74, 6) is 1.37. The van der Waals surface area contributed by atoms with Crippen molar-refractivity contribution in [2.45, 2.75) is 45.3 Å². The van der Waals surface area contributed by atoms with Crippen LogP contribution < -0.4 is 15.4 Å². The van der Waals surface area contributed by atoms with Crippen molar-refractivity contribution in [3.8, 4) is 5.88 Å². The molecule has 0 radical (unpaired) electrons. The number of anilines is 1. The molecule has 0 aliphatic carbocycles. The van der Waals surface area contributed by atoms with Crippen molar-refractivity contribution >= 4 is 5.82 Å². The fraction of sp³-hybridized carbons (Fsp3) is 0.692. The Labute approximate surface area is 108 Å². The Bertz CT molecular complexity index is 388. The fourth-order valence-corrected chi connectivity index (χ4v) is 2.12. The minimum absolute atomic E-state index is 0.0936. The Morgan fingerprint density at radius 1 is 1.33 bits per heavy atom. The summed E-state index contributed by atoms with van der Waals surface area (Å²) in [5.41, 5.74) is 0.0936. The maximum atomic E-state index is 5.55. The van der Waals surface area contributed by atoms with E-state index in [1.165, 1.54) is 0 Å². The Kier molecular flexibility index (Phi) is 4.01. The number of hydrogen-bond acceptors (Lipinski definition) is 5. The molecule has 1 saturated heterocycles. The van der Waals surface area contributed by atoms with E-state index in [0.717, 1.165) is 31.7 Å². The molecule has 5 nitrogen and oxygen atoms in total. The van der Waals surface area contributed by atoms with Crippen molar-refractivity contribution in [2.75, 3.05) is 18.4 Å². The molecular weight excluding hydrogens is 228 g/mol. The van der Waals surface area contributed by atoms with Crippen LogP contribution in [0.15, 0.2) is 12.4 Å². The van der Waals surface area contributed by atoms with Crippen molar-refractivity contribution < 1.29 is 4.74 Å². The lowest BCUT2D eigenvalue weighted by atomic mass is 9.91. The number of nitrogens with one attached hydrogen (secondary N) is 2. The second kappa shape index (κ2) is 5.52. The molecule has 5 heteroatoms. The van der Waals surface area contributed by atoms with Crippen LogP contribution in [-0.2, 0) is 0 Å². The van der Waals surface area contributed by atoms with Crippen molar-refractivity contribution in [1.29, 1.82) is 0 Å². The molecule has 0 saturated carbocycles. The molecule has 2 rings (SSSR count). The Morgan fingerprint density at radius 2 is 2.06 bits per heavy atom. The smallest absolute Gasteiger partial charge is 0.234 e. The van der Waals surface area contributed by atoms with Crippen molar-refractivity contribution in [1.82, 2.24) is 15.3 Å². The van der Waals surface area contributed by atoms with Gasteiger partial charge in [-0.15, -0.1) is 0 Å². The summed E-state index contributed by atoms with van der Waals surface area (Å²) in [6, 6.07) is 0. The first-order chi connectivity index (χ1) is 8.57. The molecule has 1 aromatic rings. The van der Waals surface area contributed by atoms with E-state index >= 15 is 0 Å². The average molecular weight is 250 g/mol. The number of hydrogen-bond donors (Lipinski definition) is 2. The summed E-state index contributed by atoms with van der Waals surface area (Å²) < 4.78 is 5.55. The first kappa shape index (κ1) is 13.1. The molecule has 0 aromatic carbocycles. The SMILES string of the molecule is CC(C)Oc1cncc(NC2(C)CCNCC2)n1. The first-order valence-electron chi connectivity index (χ1n) is 6.55. The van der Waals surface area contributed by atoms with Gasteiger partial charge >= 0.3 is 0 Å². The largest absolute Gasteiger partial charge is 0.474 e. The fourth-order valence-electron chi connectivity index (χ4n) is 2.12. The molecule has 1 aromatic heterocycles. The average Bonchev–Trinajstić information content (AvgIpc) is 2.28. The van der Waals surface area contributed by atoms with Gasteiger partial charge in [0.2, 0.25) is 5.88 Å². The molecule has 0 atom stereocenters. The van der Waals surface area contributed by atoms with Gasteiger partial charge < -0.3 is 15.4 Å². The van der Waals surface area contributed by atoms with E-state index in [4.69, 9.17) is 4.74 Å². The van der Waals surface area contributed by atoms with Gasteiger partial charge in [0.25, 0.3) is 0 Å². The van der Waals surface area contributed by atoms with E-state index in [2.05, 4.69) is 27.5 Å². The van der Waals surface area contributed by atoms with Gasteiger partial charge in [0.15, 0.2) is 0 Å². The number of ether oxygens (including phenoxy) is 1. The van der Waals surface area contributed by atoms with Crippen LogP contribution in [0.5, 0.6) is 5.88 Å². The standard InChI is InChI=1S/C13H22N4O/c1-10(2)18-12-9-15-8-11(16-12)17-13(3)4-6-14-7-5-13/h8-10,14H,4-7H2,1-3H3,(H,16,17). The second-order valence-electron chi connectivity index (χ2n) is 5.34. The normalized spacial score (nSPS) is 18.7. The number of rotatable bonds is 4. The van der Waals surface area contributed by atoms with Gasteiger partial charge in [-0.3, -0.25) is 4.98 Å². The molecule has 1 aliphatic heterocycles. The summed E-state index contributed by atoms with van der Waals surface area (Å²) >= 11 is 0. The lowest BCUT2D eigenvalue weighted by molar-refractivity contribution is 0.231. The van der Waals surface area contributed by atoms with E-state index in [9.17, 15) is 0 Å². The van der Waals surface area contributed by atoms with E-state index in [1.54, 1.807) is 12.4 Å². The Morgan fingerprint density at radius 3 is 2.72 bits per heavy atom. The van der Waals surface area contributed by atoms with Gasteiger partial charge in [0, 0.05) is 5.54 Å². The summed E-state index contributed by atoms with van der Waals surface area (Å²) in [4.78, 5) is 8.60. The van der Waals surface area contributed by atoms with Crippen LogP contribution >= 0.6 is 0 Å². The maximum Gasteiger partial charge on any atom is 0.234 e. The highest BCUT2D eigenvalue weighted by Gasteiger charge is 2.26. The van der Waals surface area contributed by atoms with Crippen LogP contribution in [0.25, 0.3) is 0 Å². The highest BCUT2D eigenvalue weighted by molar-refractivity contribution is 5.37. The summed E-state index contributed by atoms with van der Waals surface area (Å²) in [5, 5.41) is 6.84. The predicted octanol–water partition coefficient (Wildman–Crippen LogP) is 1.82. The molecule has 18 heavy (non-hydrogen) atoms. The van der Waals surface area contributed by atoms with Crippen molar-refractivity contribution in [2.24, 2.45) is 0 Å². The third kappa shape index (κ3) is 3.57. The van der Waals surface area contributed by atoms with E-state index in [1.807, 2.05) is 13.8 Å². The maximum absolute atomic E-state index is 5.55. The molecule has 1 aliphatic rings. The molecule has 0 spiro atoms. The van der Waals surface area contributed by atoms with E-state index < -0.39 is 0 Å². The summed E-state index contributed by atoms with van der Waals surface area (Å²) in [7, 11) is 0. The molecular formula is C13H22N4O. The lowest BCUT2D eigenvalue weighted by Gasteiger charge is -2.35. The quantitative estimate of drug-likeness (QED) is 0.853. The zero-order chi connectivity index (χ0) is 13.0. The van der Waals surface area contributed by atoms with Crippen LogP contribution in [0, 0.1) is 0 Å². The molecule has 0 bridgehead atoms. The van der Waals surface area contributed by atoms with Gasteiger partial charge in [-0.2, -0.15) is 4.98 Å². The minimum Gasteiger partial charge on any atom is -0.474 e. The topological polar surface area (TPSA) is 59.1 Å². The highest BCUT2D eigenvalue weighted by atomic mass is 16.5. The van der Waals surface area contributed by atoms with E-state index in [0.29, 0.717) is 5.88 Å². The van der Waals surface area contributed by atoms with Crippen LogP contribution in [0.3, 0.4) is 0 Å². The lowest BCUT2D eigenvalue weighted by Crippen LogP contribution is -2.45. The van der Waals surface area contributed by atoms with Crippen LogP contribution in [0.4, 0.5) is 5.82 Å². The third-order valence-corrected chi connectivity index (χ3v) is 3.11. The van der Waals surface area contributed by atoms with Crippen LogP contribution in [-0.4, -0.2) is 34.7 Å².